The monoisotopic (exact) mass is 202 g/mol. The van der Waals surface area contributed by atoms with Gasteiger partial charge < -0.3 is 9.84 Å². The van der Waals surface area contributed by atoms with Crippen molar-refractivity contribution in [2.24, 2.45) is 11.8 Å². The average Bonchev–Trinajstić information content (AvgIpc) is 1.99. The van der Waals surface area contributed by atoms with Gasteiger partial charge in [-0.3, -0.25) is 4.79 Å². The Morgan fingerprint density at radius 1 is 1.29 bits per heavy atom. The van der Waals surface area contributed by atoms with E-state index in [0.717, 1.165) is 0 Å². The van der Waals surface area contributed by atoms with Gasteiger partial charge >= 0.3 is 5.97 Å². The van der Waals surface area contributed by atoms with Crippen molar-refractivity contribution < 1.29 is 14.6 Å². The summed E-state index contributed by atoms with van der Waals surface area (Å²) in [6, 6.07) is 0. The van der Waals surface area contributed by atoms with Gasteiger partial charge in [0.05, 0.1) is 0 Å². The molecule has 0 saturated carbocycles. The minimum Gasteiger partial charge on any atom is -0.460 e. The van der Waals surface area contributed by atoms with E-state index in [1.165, 1.54) is 0 Å². The van der Waals surface area contributed by atoms with Crippen molar-refractivity contribution in [3.8, 4) is 0 Å². The van der Waals surface area contributed by atoms with E-state index in [2.05, 4.69) is 0 Å². The first-order valence-electron chi connectivity index (χ1n) is 5.09. The van der Waals surface area contributed by atoms with Gasteiger partial charge in [0.1, 0.15) is 5.60 Å². The van der Waals surface area contributed by atoms with Crippen LogP contribution in [-0.2, 0) is 9.53 Å². The number of aliphatic hydroxyl groups is 1. The van der Waals surface area contributed by atoms with Gasteiger partial charge in [-0.25, -0.2) is 0 Å². The lowest BCUT2D eigenvalue weighted by molar-refractivity contribution is -0.156. The predicted octanol–water partition coefficient (Wildman–Crippen LogP) is 1.98. The van der Waals surface area contributed by atoms with Crippen LogP contribution < -0.4 is 0 Å². The summed E-state index contributed by atoms with van der Waals surface area (Å²) in [6.07, 6.45) is 0.374. The highest BCUT2D eigenvalue weighted by atomic mass is 16.6. The van der Waals surface area contributed by atoms with Crippen LogP contribution in [0.15, 0.2) is 0 Å². The SMILES string of the molecule is C[C@H](CO)[C@H](C)CC(=O)OC(C)(C)C. The highest BCUT2D eigenvalue weighted by molar-refractivity contribution is 5.70. The largest absolute Gasteiger partial charge is 0.460 e. The van der Waals surface area contributed by atoms with Crippen LogP contribution in [-0.4, -0.2) is 23.3 Å². The highest BCUT2D eigenvalue weighted by Crippen LogP contribution is 2.17. The molecule has 0 aromatic carbocycles. The first kappa shape index (κ1) is 13.4. The summed E-state index contributed by atoms with van der Waals surface area (Å²) in [4.78, 5) is 11.4. The van der Waals surface area contributed by atoms with E-state index in [1.54, 1.807) is 0 Å². The van der Waals surface area contributed by atoms with Crippen LogP contribution in [0.25, 0.3) is 0 Å². The summed E-state index contributed by atoms with van der Waals surface area (Å²) in [6.45, 7) is 9.55. The number of rotatable bonds is 4. The Morgan fingerprint density at radius 2 is 1.79 bits per heavy atom. The number of hydrogen-bond acceptors (Lipinski definition) is 3. The van der Waals surface area contributed by atoms with Gasteiger partial charge in [0.2, 0.25) is 0 Å². The van der Waals surface area contributed by atoms with Crippen LogP contribution in [0.4, 0.5) is 0 Å². The molecule has 3 heteroatoms. The van der Waals surface area contributed by atoms with E-state index in [4.69, 9.17) is 9.84 Å². The van der Waals surface area contributed by atoms with Crippen LogP contribution in [0.1, 0.15) is 41.0 Å². The lowest BCUT2D eigenvalue weighted by atomic mass is 9.94. The van der Waals surface area contributed by atoms with Crippen LogP contribution in [0.2, 0.25) is 0 Å². The van der Waals surface area contributed by atoms with Gasteiger partial charge in [0.25, 0.3) is 0 Å². The zero-order chi connectivity index (χ0) is 11.4. The third kappa shape index (κ3) is 5.97. The molecule has 0 bridgehead atoms. The van der Waals surface area contributed by atoms with Crippen LogP contribution >= 0.6 is 0 Å². The molecule has 3 nitrogen and oxygen atoms in total. The number of aliphatic hydroxyl groups excluding tert-OH is 1. The zero-order valence-electron chi connectivity index (χ0n) is 9.83. The van der Waals surface area contributed by atoms with Gasteiger partial charge in [-0.05, 0) is 32.6 Å². The second kappa shape index (κ2) is 5.35. The molecule has 0 unspecified atom stereocenters. The van der Waals surface area contributed by atoms with E-state index < -0.39 is 5.60 Å². The van der Waals surface area contributed by atoms with Crippen molar-refractivity contribution >= 4 is 5.97 Å². The Morgan fingerprint density at radius 3 is 2.14 bits per heavy atom. The Balaban J connectivity index is 3.95. The molecule has 0 aliphatic heterocycles. The van der Waals surface area contributed by atoms with Crippen molar-refractivity contribution in [1.82, 2.24) is 0 Å². The van der Waals surface area contributed by atoms with E-state index in [1.807, 2.05) is 34.6 Å². The molecule has 0 fully saturated rings. The van der Waals surface area contributed by atoms with Gasteiger partial charge in [-0.2, -0.15) is 0 Å². The van der Waals surface area contributed by atoms with Crippen LogP contribution in [0.5, 0.6) is 0 Å². The van der Waals surface area contributed by atoms with E-state index in [9.17, 15) is 4.79 Å². The summed E-state index contributed by atoms with van der Waals surface area (Å²) < 4.78 is 5.18. The lowest BCUT2D eigenvalue weighted by Crippen LogP contribution is -2.26. The minimum absolute atomic E-state index is 0.115. The molecule has 0 aliphatic rings. The zero-order valence-corrected chi connectivity index (χ0v) is 9.83. The number of esters is 1. The predicted molar refractivity (Wildman–Crippen MR) is 55.9 cm³/mol. The lowest BCUT2D eigenvalue weighted by Gasteiger charge is -2.22. The molecular weight excluding hydrogens is 180 g/mol. The van der Waals surface area contributed by atoms with Crippen molar-refractivity contribution in [2.45, 2.75) is 46.6 Å². The standard InChI is InChI=1S/C11H22O3/c1-8(9(2)7-12)6-10(13)14-11(3,4)5/h8-9,12H,6-7H2,1-5H3/t8-,9-/m1/s1. The minimum atomic E-state index is -0.417. The molecule has 0 spiro atoms. The molecule has 2 atom stereocenters. The molecule has 14 heavy (non-hydrogen) atoms. The fourth-order valence-electron chi connectivity index (χ4n) is 1.03. The van der Waals surface area contributed by atoms with Crippen molar-refractivity contribution in [3.63, 3.8) is 0 Å². The quantitative estimate of drug-likeness (QED) is 0.709. The Kier molecular flexibility index (Phi) is 5.13. The molecule has 0 aromatic heterocycles. The van der Waals surface area contributed by atoms with Gasteiger partial charge in [0.15, 0.2) is 0 Å². The number of carbonyl (C=O) groups is 1. The molecule has 1 N–H and O–H groups in total. The molecule has 0 aromatic rings. The Bertz CT molecular complexity index is 181. The van der Waals surface area contributed by atoms with Crippen molar-refractivity contribution in [2.75, 3.05) is 6.61 Å². The second-order valence-corrected chi connectivity index (χ2v) is 4.93. The summed E-state index contributed by atoms with van der Waals surface area (Å²) in [5.41, 5.74) is -0.417. The van der Waals surface area contributed by atoms with E-state index >= 15 is 0 Å². The third-order valence-electron chi connectivity index (χ3n) is 2.17. The van der Waals surface area contributed by atoms with Crippen LogP contribution in [0, 0.1) is 11.8 Å². The molecule has 0 amide bonds. The molecule has 84 valence electrons. The third-order valence-corrected chi connectivity index (χ3v) is 2.17. The number of carbonyl (C=O) groups excluding carboxylic acids is 1. The van der Waals surface area contributed by atoms with Gasteiger partial charge in [-0.15, -0.1) is 0 Å². The maximum absolute atomic E-state index is 11.4. The van der Waals surface area contributed by atoms with E-state index in [0.29, 0.717) is 6.42 Å². The fourth-order valence-corrected chi connectivity index (χ4v) is 1.03. The molecule has 0 rings (SSSR count). The average molecular weight is 202 g/mol. The topological polar surface area (TPSA) is 46.5 Å². The van der Waals surface area contributed by atoms with Crippen molar-refractivity contribution in [3.05, 3.63) is 0 Å². The number of hydrogen-bond donors (Lipinski definition) is 1. The summed E-state index contributed by atoms with van der Waals surface area (Å²) in [5, 5.41) is 8.90. The van der Waals surface area contributed by atoms with E-state index in [-0.39, 0.29) is 24.4 Å². The van der Waals surface area contributed by atoms with Gasteiger partial charge in [-0.1, -0.05) is 13.8 Å². The van der Waals surface area contributed by atoms with Crippen LogP contribution in [0.3, 0.4) is 0 Å². The highest BCUT2D eigenvalue weighted by Gasteiger charge is 2.20. The second-order valence-electron chi connectivity index (χ2n) is 4.93. The molecule has 0 heterocycles. The Labute approximate surface area is 86.5 Å². The first-order chi connectivity index (χ1) is 6.26. The molecule has 0 saturated heterocycles. The maximum atomic E-state index is 11.4. The fraction of sp³-hybridized carbons (Fsp3) is 0.909. The summed E-state index contributed by atoms with van der Waals surface area (Å²) in [7, 11) is 0. The molecular formula is C11H22O3. The Hall–Kier alpha value is -0.570. The number of ether oxygens (including phenoxy) is 1. The molecule has 0 radical (unpaired) electrons. The smallest absolute Gasteiger partial charge is 0.306 e. The normalized spacial score (nSPS) is 16.1. The summed E-state index contributed by atoms with van der Waals surface area (Å²) >= 11 is 0. The van der Waals surface area contributed by atoms with Crippen molar-refractivity contribution in [1.29, 1.82) is 0 Å². The first-order valence-corrected chi connectivity index (χ1v) is 5.09. The van der Waals surface area contributed by atoms with Gasteiger partial charge in [0, 0.05) is 13.0 Å². The summed E-state index contributed by atoms with van der Waals surface area (Å²) in [5.74, 6) is 0.114. The molecule has 0 aliphatic carbocycles. The maximum Gasteiger partial charge on any atom is 0.306 e.